The minimum absolute atomic E-state index is 0.0338. The smallest absolute Gasteiger partial charge is 0.479 e. The summed E-state index contributed by atoms with van der Waals surface area (Å²) in [6.07, 6.45) is -3.74. The van der Waals surface area contributed by atoms with E-state index in [0.29, 0.717) is 0 Å². The van der Waals surface area contributed by atoms with E-state index in [1.54, 1.807) is 0 Å². The topological polar surface area (TPSA) is 99.6 Å². The van der Waals surface area contributed by atoms with Crippen LogP contribution in [0.1, 0.15) is 0 Å². The zero-order valence-corrected chi connectivity index (χ0v) is 13.7. The van der Waals surface area contributed by atoms with Crippen molar-refractivity contribution in [1.82, 2.24) is 9.97 Å². The van der Waals surface area contributed by atoms with Gasteiger partial charge in [0.25, 0.3) is 10.0 Å². The van der Waals surface area contributed by atoms with E-state index in [1.807, 2.05) is 0 Å². The van der Waals surface area contributed by atoms with Crippen molar-refractivity contribution in [1.29, 1.82) is 0 Å². The highest BCUT2D eigenvalue weighted by Crippen LogP contribution is 2.27. The third-order valence-electron chi connectivity index (χ3n) is 2.72. The standard InChI is InChI=1S/C13H12F3N3O5S/c1-22-11-10(7-17-12(18-11)23-2)19-25(20,21)9-5-3-8(4-6-9)24-13(14,15)16/h3-7,19H,1-2H3. The highest BCUT2D eigenvalue weighted by molar-refractivity contribution is 7.92. The summed E-state index contributed by atoms with van der Waals surface area (Å²) in [5, 5.41) is 0. The largest absolute Gasteiger partial charge is 0.573 e. The molecule has 0 radical (unpaired) electrons. The number of aromatic nitrogens is 2. The Balaban J connectivity index is 2.25. The van der Waals surface area contributed by atoms with Gasteiger partial charge in [0.15, 0.2) is 0 Å². The number of methoxy groups -OCH3 is 2. The summed E-state index contributed by atoms with van der Waals surface area (Å²) in [4.78, 5) is 7.28. The van der Waals surface area contributed by atoms with Crippen LogP contribution in [-0.4, -0.2) is 39.0 Å². The van der Waals surface area contributed by atoms with Gasteiger partial charge in [-0.15, -0.1) is 13.2 Å². The van der Waals surface area contributed by atoms with Gasteiger partial charge < -0.3 is 14.2 Å². The Bertz CT molecular complexity index is 841. The zero-order valence-electron chi connectivity index (χ0n) is 12.9. The van der Waals surface area contributed by atoms with Crippen LogP contribution >= 0.6 is 0 Å². The number of ether oxygens (including phenoxy) is 3. The van der Waals surface area contributed by atoms with Gasteiger partial charge in [0, 0.05) is 0 Å². The van der Waals surface area contributed by atoms with Crippen LogP contribution in [-0.2, 0) is 10.0 Å². The SMILES string of the molecule is COc1ncc(NS(=O)(=O)c2ccc(OC(F)(F)F)cc2)c(OC)n1. The van der Waals surface area contributed by atoms with Crippen LogP contribution in [0.4, 0.5) is 18.9 Å². The van der Waals surface area contributed by atoms with E-state index in [2.05, 4.69) is 19.4 Å². The summed E-state index contributed by atoms with van der Waals surface area (Å²) in [6, 6.07) is 3.64. The number of rotatable bonds is 6. The first kappa shape index (κ1) is 18.6. The van der Waals surface area contributed by atoms with Gasteiger partial charge in [0.1, 0.15) is 11.4 Å². The molecule has 0 aliphatic carbocycles. The molecule has 12 heteroatoms. The average Bonchev–Trinajstić information content (AvgIpc) is 2.54. The number of benzene rings is 1. The molecule has 1 aromatic carbocycles. The number of hydrogen-bond acceptors (Lipinski definition) is 7. The van der Waals surface area contributed by atoms with Crippen LogP contribution in [0.2, 0.25) is 0 Å². The summed E-state index contributed by atoms with van der Waals surface area (Å²) < 4.78 is 76.6. The molecule has 0 amide bonds. The van der Waals surface area contributed by atoms with Crippen LogP contribution in [0.3, 0.4) is 0 Å². The molecule has 0 aliphatic rings. The Hall–Kier alpha value is -2.76. The molecule has 0 bridgehead atoms. The second-order valence-corrected chi connectivity index (χ2v) is 6.09. The van der Waals surface area contributed by atoms with Crippen LogP contribution < -0.4 is 18.9 Å². The number of nitrogens with zero attached hydrogens (tertiary/aromatic N) is 2. The van der Waals surface area contributed by atoms with Crippen molar-refractivity contribution in [2.24, 2.45) is 0 Å². The van der Waals surface area contributed by atoms with E-state index in [-0.39, 0.29) is 22.5 Å². The Kier molecular flexibility index (Phi) is 5.21. The number of anilines is 1. The van der Waals surface area contributed by atoms with Crippen molar-refractivity contribution in [3.63, 3.8) is 0 Å². The lowest BCUT2D eigenvalue weighted by Crippen LogP contribution is -2.17. The van der Waals surface area contributed by atoms with E-state index >= 15 is 0 Å². The van der Waals surface area contributed by atoms with Crippen molar-refractivity contribution in [3.8, 4) is 17.6 Å². The van der Waals surface area contributed by atoms with E-state index < -0.39 is 22.1 Å². The molecular formula is C13H12F3N3O5S. The molecule has 0 atom stereocenters. The van der Waals surface area contributed by atoms with Crippen LogP contribution in [0.15, 0.2) is 35.4 Å². The second kappa shape index (κ2) is 7.01. The summed E-state index contributed by atoms with van der Waals surface area (Å²) in [6.45, 7) is 0. The fourth-order valence-electron chi connectivity index (χ4n) is 1.70. The first-order valence-corrected chi connectivity index (χ1v) is 7.96. The van der Waals surface area contributed by atoms with Gasteiger partial charge in [0.2, 0.25) is 5.88 Å². The maximum atomic E-state index is 12.3. The Morgan fingerprint density at radius 3 is 2.24 bits per heavy atom. The third kappa shape index (κ3) is 4.86. The first-order chi connectivity index (χ1) is 11.6. The monoisotopic (exact) mass is 379 g/mol. The van der Waals surface area contributed by atoms with Gasteiger partial charge in [-0.2, -0.15) is 4.98 Å². The molecular weight excluding hydrogens is 367 g/mol. The van der Waals surface area contributed by atoms with Gasteiger partial charge >= 0.3 is 12.4 Å². The summed E-state index contributed by atoms with van der Waals surface area (Å²) in [7, 11) is -1.52. The minimum Gasteiger partial charge on any atom is -0.479 e. The molecule has 25 heavy (non-hydrogen) atoms. The van der Waals surface area contributed by atoms with Crippen LogP contribution in [0, 0.1) is 0 Å². The molecule has 0 saturated carbocycles. The summed E-state index contributed by atoms with van der Waals surface area (Å²) >= 11 is 0. The first-order valence-electron chi connectivity index (χ1n) is 6.48. The van der Waals surface area contributed by atoms with Gasteiger partial charge in [-0.05, 0) is 24.3 Å². The van der Waals surface area contributed by atoms with Crippen molar-refractivity contribution in [3.05, 3.63) is 30.5 Å². The van der Waals surface area contributed by atoms with Gasteiger partial charge in [-0.25, -0.2) is 13.4 Å². The minimum atomic E-state index is -4.87. The number of sulfonamides is 1. The lowest BCUT2D eigenvalue weighted by atomic mass is 10.3. The lowest BCUT2D eigenvalue weighted by Gasteiger charge is -2.12. The van der Waals surface area contributed by atoms with Gasteiger partial charge in [-0.1, -0.05) is 0 Å². The highest BCUT2D eigenvalue weighted by Gasteiger charge is 2.31. The van der Waals surface area contributed by atoms with Crippen molar-refractivity contribution < 1.29 is 35.8 Å². The van der Waals surface area contributed by atoms with E-state index in [4.69, 9.17) is 9.47 Å². The molecule has 0 spiro atoms. The zero-order chi connectivity index (χ0) is 18.7. The Morgan fingerprint density at radius 2 is 1.72 bits per heavy atom. The number of nitrogens with one attached hydrogen (secondary N) is 1. The molecule has 0 unspecified atom stereocenters. The summed E-state index contributed by atoms with van der Waals surface area (Å²) in [5.74, 6) is -0.635. The summed E-state index contributed by atoms with van der Waals surface area (Å²) in [5.41, 5.74) is -0.0704. The maximum Gasteiger partial charge on any atom is 0.573 e. The van der Waals surface area contributed by atoms with Crippen molar-refractivity contribution >= 4 is 15.7 Å². The predicted octanol–water partition coefficient (Wildman–Crippen LogP) is 2.19. The van der Waals surface area contributed by atoms with E-state index in [0.717, 1.165) is 30.5 Å². The number of halogens is 3. The predicted molar refractivity (Wildman–Crippen MR) is 79.1 cm³/mol. The van der Waals surface area contributed by atoms with Gasteiger partial charge in [0.05, 0.1) is 25.3 Å². The number of hydrogen-bond donors (Lipinski definition) is 1. The van der Waals surface area contributed by atoms with Crippen LogP contribution in [0.25, 0.3) is 0 Å². The van der Waals surface area contributed by atoms with Crippen molar-refractivity contribution in [2.75, 3.05) is 18.9 Å². The Morgan fingerprint density at radius 1 is 1.08 bits per heavy atom. The fourth-order valence-corrected chi connectivity index (χ4v) is 2.74. The molecule has 1 N–H and O–H groups in total. The molecule has 0 saturated heterocycles. The lowest BCUT2D eigenvalue weighted by molar-refractivity contribution is -0.274. The average molecular weight is 379 g/mol. The molecule has 8 nitrogen and oxygen atoms in total. The molecule has 0 aliphatic heterocycles. The Labute approximate surface area is 140 Å². The van der Waals surface area contributed by atoms with Gasteiger partial charge in [-0.3, -0.25) is 4.72 Å². The van der Waals surface area contributed by atoms with Crippen LogP contribution in [0.5, 0.6) is 17.6 Å². The van der Waals surface area contributed by atoms with E-state index in [9.17, 15) is 21.6 Å². The van der Waals surface area contributed by atoms with Crippen molar-refractivity contribution in [2.45, 2.75) is 11.3 Å². The molecule has 1 aromatic heterocycles. The second-order valence-electron chi connectivity index (χ2n) is 4.40. The molecule has 136 valence electrons. The normalized spacial score (nSPS) is 11.7. The number of alkyl halides is 3. The molecule has 1 heterocycles. The quantitative estimate of drug-likeness (QED) is 0.821. The maximum absolute atomic E-state index is 12.3. The molecule has 0 fully saturated rings. The molecule has 2 rings (SSSR count). The third-order valence-corrected chi connectivity index (χ3v) is 4.10. The molecule has 2 aromatic rings. The highest BCUT2D eigenvalue weighted by atomic mass is 32.2. The fraction of sp³-hybridized carbons (Fsp3) is 0.231. The van der Waals surface area contributed by atoms with E-state index in [1.165, 1.54) is 14.2 Å².